The highest BCUT2D eigenvalue weighted by Gasteiger charge is 2.20. The Morgan fingerprint density at radius 2 is 0.673 bits per heavy atom. The van der Waals surface area contributed by atoms with Gasteiger partial charge in [0.15, 0.2) is 0 Å². The summed E-state index contributed by atoms with van der Waals surface area (Å²) >= 11 is 0. The summed E-state index contributed by atoms with van der Waals surface area (Å²) in [6.45, 7) is 0. The zero-order valence-electron chi connectivity index (χ0n) is 26.0. The molecule has 0 unspecified atom stereocenters. The maximum atomic E-state index is 12.8. The third-order valence-electron chi connectivity index (χ3n) is 9.60. The van der Waals surface area contributed by atoms with Crippen LogP contribution in [-0.2, 0) is 10.2 Å². The predicted octanol–water partition coefficient (Wildman–Crippen LogP) is 8.71. The molecule has 0 fully saturated rings. The van der Waals surface area contributed by atoms with E-state index >= 15 is 0 Å². The van der Waals surface area contributed by atoms with Crippen molar-refractivity contribution in [3.8, 4) is 33.6 Å². The van der Waals surface area contributed by atoms with Crippen LogP contribution >= 0.6 is 0 Å². The molecule has 0 aliphatic carbocycles. The minimum Gasteiger partial charge on any atom is -0.309 e. The lowest BCUT2D eigenvalue weighted by Crippen LogP contribution is -2.26. The Balaban J connectivity index is 1.07. The fraction of sp³-hybridized carbons (Fsp3) is 0. The number of rotatable bonds is 4. The molecule has 7 aromatic carbocycles. The average Bonchev–Trinajstić information content (AvgIpc) is 3.78. The molecule has 0 saturated carbocycles. The van der Waals surface area contributed by atoms with Gasteiger partial charge in [0.2, 0.25) is 0 Å². The van der Waals surface area contributed by atoms with Crippen molar-refractivity contribution in [3.63, 3.8) is 0 Å². The molecule has 3 heterocycles. The Kier molecular flexibility index (Phi) is 5.86. The van der Waals surface area contributed by atoms with Gasteiger partial charge in [-0.1, -0.05) is 109 Å². The Morgan fingerprint density at radius 3 is 1.00 bits per heavy atom. The van der Waals surface area contributed by atoms with E-state index in [-0.39, 0.29) is 0 Å². The highest BCUT2D eigenvalue weighted by molar-refractivity contribution is 7.88. The lowest BCUT2D eigenvalue weighted by atomic mass is 9.98. The normalized spacial score (nSPS) is 13.6. The van der Waals surface area contributed by atoms with Crippen LogP contribution in [0.3, 0.4) is 0 Å². The molecule has 9 aromatic rings. The number of hydrogen-bond acceptors (Lipinski definition) is 2. The monoisotopic (exact) mass is 650 g/mol. The van der Waals surface area contributed by atoms with Crippen LogP contribution in [0.4, 0.5) is 0 Å². The second kappa shape index (κ2) is 10.3. The largest absolute Gasteiger partial charge is 0.364 e. The first-order valence-corrected chi connectivity index (χ1v) is 17.5. The minimum absolute atomic E-state index is 0.369. The number of aromatic nitrogens is 2. The summed E-state index contributed by atoms with van der Waals surface area (Å²) in [6, 6.07) is 53.9. The Hall–Kier alpha value is -6.31. The second-order valence-electron chi connectivity index (χ2n) is 12.3. The van der Waals surface area contributed by atoms with Crippen LogP contribution in [0, 0.1) is 0 Å². The van der Waals surface area contributed by atoms with Gasteiger partial charge in [-0.05, 0) is 59.7 Å². The first kappa shape index (κ1) is 27.8. The van der Waals surface area contributed by atoms with Crippen molar-refractivity contribution in [2.45, 2.75) is 0 Å². The van der Waals surface area contributed by atoms with Crippen molar-refractivity contribution in [1.29, 1.82) is 0 Å². The van der Waals surface area contributed by atoms with Crippen LogP contribution in [0.25, 0.3) is 77.2 Å². The van der Waals surface area contributed by atoms with Crippen LogP contribution in [0.5, 0.6) is 0 Å². The van der Waals surface area contributed by atoms with E-state index < -0.39 is 10.2 Å². The van der Waals surface area contributed by atoms with Gasteiger partial charge >= 0.3 is 10.2 Å². The predicted molar refractivity (Wildman–Crippen MR) is 197 cm³/mol. The first-order chi connectivity index (χ1) is 24.0. The highest BCUT2D eigenvalue weighted by Crippen LogP contribution is 2.34. The van der Waals surface area contributed by atoms with Crippen LogP contribution in [-0.4, -0.2) is 17.6 Å². The van der Waals surface area contributed by atoms with Gasteiger partial charge in [-0.15, -0.1) is 8.80 Å². The fourth-order valence-corrected chi connectivity index (χ4v) is 8.33. The number of nitrogens with zero attached hydrogens (tertiary/aromatic N) is 4. The van der Waals surface area contributed by atoms with Crippen LogP contribution in [0.15, 0.2) is 167 Å². The maximum absolute atomic E-state index is 12.8. The SMILES string of the molecule is O=S1(=O)N=c2c(-c3ccc(-n4c5ccccc5c5ccccc54)cc3)ccc(-c3ccc(-n4c5ccccc5c5ccccc54)cc3)c2=N1. The summed E-state index contributed by atoms with van der Waals surface area (Å²) in [5.74, 6) is 0. The zero-order chi connectivity index (χ0) is 32.7. The Bertz CT molecular complexity index is 2740. The van der Waals surface area contributed by atoms with Gasteiger partial charge in [0.05, 0.1) is 22.1 Å². The molecule has 1 aliphatic heterocycles. The molecule has 0 bridgehead atoms. The molecule has 232 valence electrons. The van der Waals surface area contributed by atoms with Crippen LogP contribution in [0.2, 0.25) is 0 Å². The topological polar surface area (TPSA) is 68.7 Å². The number of para-hydroxylation sites is 4. The third kappa shape index (κ3) is 4.22. The van der Waals surface area contributed by atoms with Crippen molar-refractivity contribution in [3.05, 3.63) is 168 Å². The van der Waals surface area contributed by atoms with E-state index in [4.69, 9.17) is 0 Å². The minimum atomic E-state index is -4.01. The molecule has 49 heavy (non-hydrogen) atoms. The molecule has 0 radical (unpaired) electrons. The van der Waals surface area contributed by atoms with Crippen LogP contribution < -0.4 is 10.7 Å². The molecule has 0 saturated heterocycles. The zero-order valence-corrected chi connectivity index (χ0v) is 26.8. The quantitative estimate of drug-likeness (QED) is 0.191. The highest BCUT2D eigenvalue weighted by atomic mass is 32.2. The summed E-state index contributed by atoms with van der Waals surface area (Å²) in [7, 11) is -4.01. The molecule has 0 N–H and O–H groups in total. The van der Waals surface area contributed by atoms with E-state index in [0.29, 0.717) is 10.7 Å². The molecule has 10 rings (SSSR count). The number of benzene rings is 7. The summed E-state index contributed by atoms with van der Waals surface area (Å²) in [5, 5.41) is 5.53. The van der Waals surface area contributed by atoms with E-state index in [1.54, 1.807) is 0 Å². The lowest BCUT2D eigenvalue weighted by molar-refractivity contribution is 0.599. The van der Waals surface area contributed by atoms with Gasteiger partial charge in [0, 0.05) is 44.0 Å². The van der Waals surface area contributed by atoms with Gasteiger partial charge < -0.3 is 9.13 Å². The van der Waals surface area contributed by atoms with E-state index in [2.05, 4.69) is 139 Å². The molecular formula is C42H26N4O2S. The van der Waals surface area contributed by atoms with Crippen molar-refractivity contribution < 1.29 is 8.42 Å². The lowest BCUT2D eigenvalue weighted by Gasteiger charge is -2.11. The van der Waals surface area contributed by atoms with E-state index in [1.807, 2.05) is 36.4 Å². The second-order valence-corrected chi connectivity index (χ2v) is 13.6. The fourth-order valence-electron chi connectivity index (χ4n) is 7.46. The summed E-state index contributed by atoms with van der Waals surface area (Å²) < 4.78 is 38.4. The van der Waals surface area contributed by atoms with E-state index in [1.165, 1.54) is 21.5 Å². The van der Waals surface area contributed by atoms with Gasteiger partial charge in [-0.3, -0.25) is 0 Å². The van der Waals surface area contributed by atoms with Gasteiger partial charge in [0.1, 0.15) is 10.7 Å². The average molecular weight is 651 g/mol. The molecule has 0 amide bonds. The third-order valence-corrected chi connectivity index (χ3v) is 10.4. The molecular weight excluding hydrogens is 625 g/mol. The van der Waals surface area contributed by atoms with Gasteiger partial charge in [-0.2, -0.15) is 8.42 Å². The molecule has 7 heteroatoms. The van der Waals surface area contributed by atoms with Gasteiger partial charge in [0.25, 0.3) is 0 Å². The molecule has 2 aromatic heterocycles. The van der Waals surface area contributed by atoms with Gasteiger partial charge in [-0.25, -0.2) is 0 Å². The Labute approximate surface area is 281 Å². The van der Waals surface area contributed by atoms with E-state index in [0.717, 1.165) is 55.7 Å². The first-order valence-electron chi connectivity index (χ1n) is 16.1. The van der Waals surface area contributed by atoms with Crippen molar-refractivity contribution in [1.82, 2.24) is 9.13 Å². The molecule has 0 spiro atoms. The Morgan fingerprint density at radius 1 is 0.367 bits per heavy atom. The summed E-state index contributed by atoms with van der Waals surface area (Å²) in [4.78, 5) is 0. The number of hydrogen-bond donors (Lipinski definition) is 0. The maximum Gasteiger partial charge on any atom is 0.364 e. The van der Waals surface area contributed by atoms with Crippen molar-refractivity contribution >= 4 is 53.8 Å². The molecule has 1 aliphatic rings. The van der Waals surface area contributed by atoms with Crippen molar-refractivity contribution in [2.24, 2.45) is 8.80 Å². The molecule has 0 atom stereocenters. The standard InChI is InChI=1S/C42H26N4O2S/c47-49(48)43-41-31(27-17-21-29(22-18-27)45-37-13-5-1-9-33(37)34-10-2-6-14-38(34)45)25-26-32(42(41)44-49)28-19-23-30(24-20-28)46-39-15-7-3-11-35(39)36-12-4-8-16-40(36)46/h1-26H. The molecule has 6 nitrogen and oxygen atoms in total. The number of fused-ring (bicyclic) bond motifs is 7. The summed E-state index contributed by atoms with van der Waals surface area (Å²) in [6.07, 6.45) is 0. The smallest absolute Gasteiger partial charge is 0.309 e. The van der Waals surface area contributed by atoms with E-state index in [9.17, 15) is 8.42 Å². The summed E-state index contributed by atoms with van der Waals surface area (Å²) in [5.41, 5.74) is 9.74. The van der Waals surface area contributed by atoms with Crippen molar-refractivity contribution in [2.75, 3.05) is 0 Å². The van der Waals surface area contributed by atoms with Crippen LogP contribution in [0.1, 0.15) is 0 Å².